The molecule has 11 heteroatoms. The van der Waals surface area contributed by atoms with Crippen LogP contribution < -0.4 is 9.88 Å². The molecule has 3 rings (SSSR count). The van der Waals surface area contributed by atoms with Gasteiger partial charge in [-0.25, -0.2) is 13.6 Å². The van der Waals surface area contributed by atoms with Crippen molar-refractivity contribution in [3.8, 4) is 5.75 Å². The first-order chi connectivity index (χ1) is 16.4. The molecule has 1 saturated heterocycles. The molecule has 0 aromatic heterocycles. The minimum absolute atomic E-state index is 0.0657. The molecule has 0 saturated carbocycles. The number of sulfonamides is 1. The monoisotopic (exact) mass is 511 g/mol. The lowest BCUT2D eigenvalue weighted by molar-refractivity contribution is -0.137. The fourth-order valence-electron chi connectivity index (χ4n) is 4.10. The average Bonchev–Trinajstić information content (AvgIpc) is 2.80. The Bertz CT molecular complexity index is 1150. The largest absolute Gasteiger partial charge is 0.493 e. The van der Waals surface area contributed by atoms with Crippen molar-refractivity contribution in [3.05, 3.63) is 72.3 Å². The van der Waals surface area contributed by atoms with Crippen LogP contribution in [0.1, 0.15) is 24.0 Å². The lowest BCUT2D eigenvalue weighted by Crippen LogP contribution is -2.54. The van der Waals surface area contributed by atoms with Gasteiger partial charge in [-0.05, 0) is 48.9 Å². The van der Waals surface area contributed by atoms with Crippen LogP contribution in [-0.2, 0) is 21.0 Å². The smallest absolute Gasteiger partial charge is 0.416 e. The fraction of sp³-hybridized carbons (Fsp3) is 0.375. The molecule has 0 aliphatic carbocycles. The van der Waals surface area contributed by atoms with Gasteiger partial charge in [0.15, 0.2) is 0 Å². The molecule has 2 aromatic rings. The summed E-state index contributed by atoms with van der Waals surface area (Å²) in [5, 5.41) is 5.11. The molecule has 1 fully saturated rings. The number of benzene rings is 2. The van der Waals surface area contributed by atoms with Gasteiger partial charge in [-0.1, -0.05) is 24.8 Å². The fourth-order valence-corrected chi connectivity index (χ4v) is 4.62. The van der Waals surface area contributed by atoms with Gasteiger partial charge in [0, 0.05) is 38.1 Å². The minimum Gasteiger partial charge on any atom is -0.493 e. The summed E-state index contributed by atoms with van der Waals surface area (Å²) in [6.07, 6.45) is -3.21. The number of rotatable bonds is 8. The molecule has 0 spiro atoms. The van der Waals surface area contributed by atoms with Gasteiger partial charge in [0.2, 0.25) is 15.9 Å². The van der Waals surface area contributed by atoms with Crippen LogP contribution in [0.15, 0.2) is 66.1 Å². The molecular weight excluding hydrogens is 483 g/mol. The number of hydrogen-bond donors (Lipinski definition) is 1. The number of nitrogens with two attached hydrogens (primary N) is 1. The van der Waals surface area contributed by atoms with Crippen molar-refractivity contribution in [3.63, 3.8) is 0 Å². The van der Waals surface area contributed by atoms with Gasteiger partial charge in [0.1, 0.15) is 5.75 Å². The van der Waals surface area contributed by atoms with E-state index in [1.807, 2.05) is 6.92 Å². The van der Waals surface area contributed by atoms with Crippen molar-refractivity contribution in [1.29, 1.82) is 0 Å². The summed E-state index contributed by atoms with van der Waals surface area (Å²) in [6.45, 7) is 7.51. The zero-order valence-corrected chi connectivity index (χ0v) is 20.1. The molecule has 1 aliphatic heterocycles. The molecule has 2 N–H and O–H groups in total. The van der Waals surface area contributed by atoms with Gasteiger partial charge in [-0.15, -0.1) is 0 Å². The molecule has 1 heterocycles. The van der Waals surface area contributed by atoms with Gasteiger partial charge in [0.05, 0.1) is 17.1 Å². The Labute approximate surface area is 203 Å². The molecule has 0 radical (unpaired) electrons. The molecular formula is C24H28F3N3O4S. The number of amides is 1. The SMILES string of the molecule is C=CC(=O)N1CCN(C[C@H](COc2ccc(S(N)(=O)=O)cc2)c2cccc(C(F)(F)F)c2)C[C@H]1C. The predicted octanol–water partition coefficient (Wildman–Crippen LogP) is 3.23. The first kappa shape index (κ1) is 26.7. The normalized spacial score (nSPS) is 18.2. The molecule has 35 heavy (non-hydrogen) atoms. The van der Waals surface area contributed by atoms with Gasteiger partial charge in [-0.2, -0.15) is 13.2 Å². The average molecular weight is 512 g/mol. The highest BCUT2D eigenvalue weighted by Gasteiger charge is 2.32. The third kappa shape index (κ3) is 7.06. The number of ether oxygens (including phenoxy) is 1. The quantitative estimate of drug-likeness (QED) is 0.550. The van der Waals surface area contributed by atoms with Gasteiger partial charge in [-0.3, -0.25) is 9.69 Å². The van der Waals surface area contributed by atoms with Crippen LogP contribution in [0.2, 0.25) is 0 Å². The second kappa shape index (κ2) is 10.8. The van der Waals surface area contributed by atoms with Gasteiger partial charge in [0.25, 0.3) is 0 Å². The number of primary sulfonamides is 1. The van der Waals surface area contributed by atoms with Crippen LogP contribution in [0, 0.1) is 0 Å². The number of alkyl halides is 3. The van der Waals surface area contributed by atoms with Crippen molar-refractivity contribution >= 4 is 15.9 Å². The number of piperazine rings is 1. The first-order valence-corrected chi connectivity index (χ1v) is 12.5. The van der Waals surface area contributed by atoms with Crippen molar-refractivity contribution in [2.45, 2.75) is 30.0 Å². The summed E-state index contributed by atoms with van der Waals surface area (Å²) in [4.78, 5) is 15.8. The van der Waals surface area contributed by atoms with E-state index in [0.29, 0.717) is 37.5 Å². The topological polar surface area (TPSA) is 92.9 Å². The number of carbonyl (C=O) groups is 1. The molecule has 2 aromatic carbocycles. The highest BCUT2D eigenvalue weighted by Crippen LogP contribution is 2.32. The summed E-state index contributed by atoms with van der Waals surface area (Å²) in [5.74, 6) is -0.203. The molecule has 1 amide bonds. The maximum absolute atomic E-state index is 13.3. The Kier molecular flexibility index (Phi) is 8.24. The first-order valence-electron chi connectivity index (χ1n) is 11.0. The maximum atomic E-state index is 13.3. The summed E-state index contributed by atoms with van der Waals surface area (Å²) >= 11 is 0. The summed E-state index contributed by atoms with van der Waals surface area (Å²) in [5.41, 5.74) is -0.273. The van der Waals surface area contributed by atoms with E-state index in [0.717, 1.165) is 12.1 Å². The number of carbonyl (C=O) groups excluding carboxylic acids is 1. The maximum Gasteiger partial charge on any atom is 0.416 e. The zero-order chi connectivity index (χ0) is 25.8. The molecule has 0 unspecified atom stereocenters. The van der Waals surface area contributed by atoms with E-state index < -0.39 is 27.7 Å². The third-order valence-corrected chi connectivity index (χ3v) is 6.87. The van der Waals surface area contributed by atoms with Crippen LogP contribution in [-0.4, -0.2) is 63.0 Å². The number of nitrogens with zero attached hydrogens (tertiary/aromatic N) is 2. The van der Waals surface area contributed by atoms with Gasteiger partial charge < -0.3 is 9.64 Å². The van der Waals surface area contributed by atoms with Crippen molar-refractivity contribution in [1.82, 2.24) is 9.80 Å². The molecule has 2 atom stereocenters. The highest BCUT2D eigenvalue weighted by atomic mass is 32.2. The molecule has 0 bridgehead atoms. The lowest BCUT2D eigenvalue weighted by Gasteiger charge is -2.40. The zero-order valence-electron chi connectivity index (χ0n) is 19.2. The standard InChI is InChI=1S/C24H28F3N3O4S/c1-3-23(31)30-12-11-29(14-17(30)2)15-19(18-5-4-6-20(13-18)24(25,26)27)16-34-21-7-9-22(10-8-21)35(28,32)33/h3-10,13,17,19H,1,11-12,14-16H2,2H3,(H2,28,32,33)/t17-,19-/m1/s1. The Morgan fingerprint density at radius 2 is 1.91 bits per heavy atom. The Hall–Kier alpha value is -2.89. The van der Waals surface area contributed by atoms with Crippen molar-refractivity contribution < 1.29 is 31.1 Å². The van der Waals surface area contributed by atoms with E-state index in [-0.39, 0.29) is 23.5 Å². The van der Waals surface area contributed by atoms with Crippen LogP contribution in [0.3, 0.4) is 0 Å². The summed E-state index contributed by atoms with van der Waals surface area (Å²) in [6, 6.07) is 10.6. The van der Waals surface area contributed by atoms with Crippen molar-refractivity contribution in [2.75, 3.05) is 32.8 Å². The van der Waals surface area contributed by atoms with Gasteiger partial charge >= 0.3 is 6.18 Å². The number of hydrogen-bond acceptors (Lipinski definition) is 5. The molecule has 7 nitrogen and oxygen atoms in total. The predicted molar refractivity (Wildman–Crippen MR) is 125 cm³/mol. The van der Waals surface area contributed by atoms with E-state index in [1.54, 1.807) is 11.0 Å². The van der Waals surface area contributed by atoms with E-state index in [4.69, 9.17) is 9.88 Å². The molecule has 190 valence electrons. The second-order valence-corrected chi connectivity index (χ2v) is 10.1. The highest BCUT2D eigenvalue weighted by molar-refractivity contribution is 7.89. The second-order valence-electron chi connectivity index (χ2n) is 8.49. The Morgan fingerprint density at radius 1 is 1.23 bits per heavy atom. The third-order valence-electron chi connectivity index (χ3n) is 5.94. The van der Waals surface area contributed by atoms with E-state index in [1.165, 1.54) is 36.4 Å². The van der Waals surface area contributed by atoms with Crippen LogP contribution >= 0.6 is 0 Å². The van der Waals surface area contributed by atoms with Crippen LogP contribution in [0.5, 0.6) is 5.75 Å². The van der Waals surface area contributed by atoms with E-state index in [9.17, 15) is 26.4 Å². The summed E-state index contributed by atoms with van der Waals surface area (Å²) < 4.78 is 68.7. The Morgan fingerprint density at radius 3 is 2.49 bits per heavy atom. The minimum atomic E-state index is -4.48. The molecule has 1 aliphatic rings. The van der Waals surface area contributed by atoms with E-state index >= 15 is 0 Å². The van der Waals surface area contributed by atoms with Crippen molar-refractivity contribution in [2.24, 2.45) is 5.14 Å². The summed E-state index contributed by atoms with van der Waals surface area (Å²) in [7, 11) is -3.85. The van der Waals surface area contributed by atoms with Crippen LogP contribution in [0.25, 0.3) is 0 Å². The number of halogens is 3. The Balaban J connectivity index is 1.79. The lowest BCUT2D eigenvalue weighted by atomic mass is 9.96. The van der Waals surface area contributed by atoms with Crippen LogP contribution in [0.4, 0.5) is 13.2 Å². The van der Waals surface area contributed by atoms with E-state index in [2.05, 4.69) is 11.5 Å².